The van der Waals surface area contributed by atoms with Crippen molar-refractivity contribution in [1.82, 2.24) is 0 Å². The first-order valence-electron chi connectivity index (χ1n) is 5.43. The van der Waals surface area contributed by atoms with Gasteiger partial charge >= 0.3 is 5.97 Å². The van der Waals surface area contributed by atoms with Crippen molar-refractivity contribution in [3.63, 3.8) is 0 Å². The second-order valence-electron chi connectivity index (χ2n) is 4.86. The average molecular weight is 252 g/mol. The molecule has 0 radical (unpaired) electrons. The standard InChI is InChI=1S/C12H16N2O4/c1-12(2,3)18-11(15)9-6-4-5-8(7-9)10(13)14(16)17/h4-7,10H,13H2,1-3H3. The minimum absolute atomic E-state index is 0.250. The second-order valence-corrected chi connectivity index (χ2v) is 4.86. The van der Waals surface area contributed by atoms with Gasteiger partial charge in [0, 0.05) is 10.5 Å². The van der Waals surface area contributed by atoms with Crippen LogP contribution in [0.2, 0.25) is 0 Å². The van der Waals surface area contributed by atoms with Crippen LogP contribution >= 0.6 is 0 Å². The van der Waals surface area contributed by atoms with Gasteiger partial charge in [0.15, 0.2) is 0 Å². The molecule has 0 aromatic heterocycles. The number of nitrogens with zero attached hydrogens (tertiary/aromatic N) is 1. The number of carbonyl (C=O) groups excluding carboxylic acids is 1. The molecule has 6 nitrogen and oxygen atoms in total. The number of ether oxygens (including phenoxy) is 1. The predicted octanol–water partition coefficient (Wildman–Crippen LogP) is 1.88. The van der Waals surface area contributed by atoms with Gasteiger partial charge in [0.2, 0.25) is 0 Å². The Hall–Kier alpha value is -1.95. The number of rotatable bonds is 3. The molecule has 0 spiro atoms. The number of benzene rings is 1. The van der Waals surface area contributed by atoms with Crippen LogP contribution in [0.15, 0.2) is 24.3 Å². The summed E-state index contributed by atoms with van der Waals surface area (Å²) in [7, 11) is 0. The van der Waals surface area contributed by atoms with Crippen LogP contribution in [0.5, 0.6) is 0 Å². The van der Waals surface area contributed by atoms with E-state index in [1.807, 2.05) is 0 Å². The molecule has 1 rings (SSSR count). The lowest BCUT2D eigenvalue weighted by Crippen LogP contribution is -2.24. The molecule has 0 bridgehead atoms. The van der Waals surface area contributed by atoms with E-state index >= 15 is 0 Å². The van der Waals surface area contributed by atoms with E-state index in [-0.39, 0.29) is 11.1 Å². The number of nitro groups is 1. The van der Waals surface area contributed by atoms with Crippen molar-refractivity contribution >= 4 is 5.97 Å². The van der Waals surface area contributed by atoms with Crippen LogP contribution in [0.4, 0.5) is 0 Å². The summed E-state index contributed by atoms with van der Waals surface area (Å²) in [6.07, 6.45) is -1.34. The summed E-state index contributed by atoms with van der Waals surface area (Å²) >= 11 is 0. The van der Waals surface area contributed by atoms with Gasteiger partial charge in [-0.3, -0.25) is 15.8 Å². The van der Waals surface area contributed by atoms with Crippen molar-refractivity contribution in [1.29, 1.82) is 0 Å². The fraction of sp³-hybridized carbons (Fsp3) is 0.417. The Morgan fingerprint density at radius 3 is 2.56 bits per heavy atom. The molecule has 0 heterocycles. The molecule has 1 aromatic carbocycles. The number of hydrogen-bond donors (Lipinski definition) is 1. The van der Waals surface area contributed by atoms with Gasteiger partial charge in [0.05, 0.1) is 5.56 Å². The molecule has 0 aliphatic carbocycles. The maximum atomic E-state index is 11.8. The van der Waals surface area contributed by atoms with Crippen LogP contribution < -0.4 is 5.73 Å². The minimum Gasteiger partial charge on any atom is -0.456 e. The molecule has 1 aromatic rings. The number of carbonyl (C=O) groups is 1. The normalized spacial score (nSPS) is 12.9. The lowest BCUT2D eigenvalue weighted by molar-refractivity contribution is -0.527. The van der Waals surface area contributed by atoms with E-state index in [1.54, 1.807) is 20.8 Å². The summed E-state index contributed by atoms with van der Waals surface area (Å²) < 4.78 is 5.17. The van der Waals surface area contributed by atoms with Crippen LogP contribution in [-0.2, 0) is 4.74 Å². The summed E-state index contributed by atoms with van der Waals surface area (Å²) in [4.78, 5) is 21.7. The van der Waals surface area contributed by atoms with Gasteiger partial charge in [0.1, 0.15) is 5.60 Å². The molecule has 6 heteroatoms. The molecule has 0 fully saturated rings. The molecule has 18 heavy (non-hydrogen) atoms. The first kappa shape index (κ1) is 14.1. The highest BCUT2D eigenvalue weighted by Crippen LogP contribution is 2.16. The molecular formula is C12H16N2O4. The molecule has 1 unspecified atom stereocenters. The summed E-state index contributed by atoms with van der Waals surface area (Å²) in [6, 6.07) is 5.95. The predicted molar refractivity (Wildman–Crippen MR) is 65.5 cm³/mol. The third-order valence-corrected chi connectivity index (χ3v) is 2.09. The first-order chi connectivity index (χ1) is 8.20. The SMILES string of the molecule is CC(C)(C)OC(=O)c1cccc(C(N)[N+](=O)[O-])c1. The van der Waals surface area contributed by atoms with E-state index in [0.717, 1.165) is 0 Å². The van der Waals surface area contributed by atoms with Crippen molar-refractivity contribution in [3.8, 4) is 0 Å². The summed E-state index contributed by atoms with van der Waals surface area (Å²) in [5.41, 5.74) is 5.29. The topological polar surface area (TPSA) is 95.5 Å². The fourth-order valence-corrected chi connectivity index (χ4v) is 1.31. The van der Waals surface area contributed by atoms with Gasteiger partial charge < -0.3 is 4.74 Å². The summed E-state index contributed by atoms with van der Waals surface area (Å²) in [6.45, 7) is 5.24. The Morgan fingerprint density at radius 1 is 1.44 bits per heavy atom. The zero-order chi connectivity index (χ0) is 13.9. The highest BCUT2D eigenvalue weighted by Gasteiger charge is 2.21. The summed E-state index contributed by atoms with van der Waals surface area (Å²) in [5, 5.41) is 10.6. The van der Waals surface area contributed by atoms with E-state index in [1.165, 1.54) is 24.3 Å². The molecule has 0 aliphatic heterocycles. The van der Waals surface area contributed by atoms with Crippen LogP contribution in [0, 0.1) is 10.1 Å². The van der Waals surface area contributed by atoms with Crippen molar-refractivity contribution in [2.75, 3.05) is 0 Å². The third kappa shape index (κ3) is 3.81. The van der Waals surface area contributed by atoms with E-state index in [2.05, 4.69) is 0 Å². The molecule has 0 amide bonds. The number of esters is 1. The zero-order valence-corrected chi connectivity index (χ0v) is 10.5. The van der Waals surface area contributed by atoms with Crippen LogP contribution in [0.25, 0.3) is 0 Å². The lowest BCUT2D eigenvalue weighted by atomic mass is 10.1. The maximum absolute atomic E-state index is 11.8. The summed E-state index contributed by atoms with van der Waals surface area (Å²) in [5.74, 6) is -0.528. The van der Waals surface area contributed by atoms with Gasteiger partial charge in [-0.1, -0.05) is 12.1 Å². The molecule has 2 N–H and O–H groups in total. The monoisotopic (exact) mass is 252 g/mol. The molecule has 0 aliphatic rings. The van der Waals surface area contributed by atoms with Crippen molar-refractivity contribution < 1.29 is 14.5 Å². The Labute approximate surface area is 105 Å². The quantitative estimate of drug-likeness (QED) is 0.383. The maximum Gasteiger partial charge on any atom is 0.338 e. The van der Waals surface area contributed by atoms with Gasteiger partial charge in [-0.15, -0.1) is 0 Å². The van der Waals surface area contributed by atoms with Crippen LogP contribution in [0.1, 0.15) is 42.9 Å². The Bertz CT molecular complexity index is 465. The van der Waals surface area contributed by atoms with E-state index < -0.39 is 22.7 Å². The highest BCUT2D eigenvalue weighted by molar-refractivity contribution is 5.89. The van der Waals surface area contributed by atoms with Gasteiger partial charge in [0.25, 0.3) is 6.17 Å². The molecule has 1 atom stereocenters. The fourth-order valence-electron chi connectivity index (χ4n) is 1.31. The van der Waals surface area contributed by atoms with Crippen LogP contribution in [0.3, 0.4) is 0 Å². The molecule has 98 valence electrons. The van der Waals surface area contributed by atoms with E-state index in [4.69, 9.17) is 10.5 Å². The van der Waals surface area contributed by atoms with Crippen molar-refractivity contribution in [2.24, 2.45) is 5.73 Å². The third-order valence-electron chi connectivity index (χ3n) is 2.09. The smallest absolute Gasteiger partial charge is 0.338 e. The Balaban J connectivity index is 2.95. The Morgan fingerprint density at radius 2 is 2.06 bits per heavy atom. The van der Waals surface area contributed by atoms with Gasteiger partial charge in [-0.25, -0.2) is 4.79 Å². The van der Waals surface area contributed by atoms with Crippen molar-refractivity contribution in [2.45, 2.75) is 32.5 Å². The van der Waals surface area contributed by atoms with Gasteiger partial charge in [-0.05, 0) is 32.9 Å². The lowest BCUT2D eigenvalue weighted by Gasteiger charge is -2.19. The van der Waals surface area contributed by atoms with Crippen molar-refractivity contribution in [3.05, 3.63) is 45.5 Å². The van der Waals surface area contributed by atoms with Gasteiger partial charge in [-0.2, -0.15) is 0 Å². The largest absolute Gasteiger partial charge is 0.456 e. The number of nitrogens with two attached hydrogens (primary N) is 1. The zero-order valence-electron chi connectivity index (χ0n) is 10.5. The average Bonchev–Trinajstić information content (AvgIpc) is 2.25. The highest BCUT2D eigenvalue weighted by atomic mass is 16.6. The first-order valence-corrected chi connectivity index (χ1v) is 5.43. The van der Waals surface area contributed by atoms with E-state index in [0.29, 0.717) is 0 Å². The second kappa shape index (κ2) is 5.14. The van der Waals surface area contributed by atoms with Crippen LogP contribution in [-0.4, -0.2) is 16.5 Å². The molecular weight excluding hydrogens is 236 g/mol. The van der Waals surface area contributed by atoms with E-state index in [9.17, 15) is 14.9 Å². The molecule has 0 saturated carbocycles. The minimum atomic E-state index is -1.34. The number of hydrogen-bond acceptors (Lipinski definition) is 5. The molecule has 0 saturated heterocycles. The Kier molecular flexibility index (Phi) is 4.03.